The Morgan fingerprint density at radius 1 is 0.423 bits per heavy atom. The molecule has 26 heavy (non-hydrogen) atoms. The van der Waals surface area contributed by atoms with Crippen molar-refractivity contribution in [1.82, 2.24) is 0 Å². The van der Waals surface area contributed by atoms with Gasteiger partial charge in [0, 0.05) is 0 Å². The average molecular weight is 368 g/mol. The van der Waals surface area contributed by atoms with Crippen molar-refractivity contribution < 1.29 is 5.11 Å². The fourth-order valence-electron chi connectivity index (χ4n) is 4.09. The molecule has 0 aliphatic heterocycles. The van der Waals surface area contributed by atoms with Crippen LogP contribution in [0.1, 0.15) is 149 Å². The lowest BCUT2D eigenvalue weighted by Gasteiger charge is -2.15. The molecule has 0 saturated heterocycles. The Morgan fingerprint density at radius 2 is 0.731 bits per heavy atom. The summed E-state index contributed by atoms with van der Waals surface area (Å²) in [5, 5.41) is 11.1. The first-order chi connectivity index (χ1) is 12.8. The molecule has 1 atom stereocenters. The second-order valence-electron chi connectivity index (χ2n) is 8.59. The molecule has 0 saturated carbocycles. The standard InChI is InChI=1S/C25H51O/c1-3-5-7-9-11-13-14-16-18-20-22-25(23-24-26)21-19-17-15-12-10-8-6-4-2/h25H,3-24H2,1-2H3. The molecule has 1 heteroatoms. The van der Waals surface area contributed by atoms with E-state index in [2.05, 4.69) is 13.8 Å². The van der Waals surface area contributed by atoms with E-state index in [4.69, 9.17) is 0 Å². The van der Waals surface area contributed by atoms with Crippen LogP contribution in [-0.2, 0) is 5.11 Å². The van der Waals surface area contributed by atoms with Crippen molar-refractivity contribution in [2.45, 2.75) is 149 Å². The predicted octanol–water partition coefficient (Wildman–Crippen LogP) is 9.27. The zero-order valence-electron chi connectivity index (χ0n) is 18.5. The highest BCUT2D eigenvalue weighted by molar-refractivity contribution is 4.61. The first-order valence-corrected chi connectivity index (χ1v) is 12.4. The maximum atomic E-state index is 11.1. The van der Waals surface area contributed by atoms with E-state index in [9.17, 15) is 5.11 Å². The van der Waals surface area contributed by atoms with Gasteiger partial charge in [-0.3, -0.25) is 0 Å². The van der Waals surface area contributed by atoms with Crippen molar-refractivity contribution in [2.24, 2.45) is 5.92 Å². The maximum Gasteiger partial charge on any atom is 0.0825 e. The van der Waals surface area contributed by atoms with Crippen LogP contribution in [0.2, 0.25) is 0 Å². The number of unbranched alkanes of at least 4 members (excludes halogenated alkanes) is 16. The summed E-state index contributed by atoms with van der Waals surface area (Å²) < 4.78 is 0. The number of rotatable bonds is 22. The third-order valence-electron chi connectivity index (χ3n) is 5.96. The molecule has 0 rings (SSSR count). The summed E-state index contributed by atoms with van der Waals surface area (Å²) in [5.41, 5.74) is 0. The van der Waals surface area contributed by atoms with Gasteiger partial charge in [0.1, 0.15) is 0 Å². The molecule has 0 N–H and O–H groups in total. The van der Waals surface area contributed by atoms with Gasteiger partial charge in [-0.25, -0.2) is 5.11 Å². The first-order valence-electron chi connectivity index (χ1n) is 12.4. The van der Waals surface area contributed by atoms with Crippen LogP contribution < -0.4 is 0 Å². The Hall–Kier alpha value is -0.0400. The summed E-state index contributed by atoms with van der Waals surface area (Å²) in [6, 6.07) is 0. The van der Waals surface area contributed by atoms with Gasteiger partial charge in [0.15, 0.2) is 0 Å². The smallest absolute Gasteiger partial charge is 0.0825 e. The van der Waals surface area contributed by atoms with E-state index >= 15 is 0 Å². The molecule has 0 aromatic rings. The average Bonchev–Trinajstić information content (AvgIpc) is 2.65. The van der Waals surface area contributed by atoms with Gasteiger partial charge < -0.3 is 0 Å². The summed E-state index contributed by atoms with van der Waals surface area (Å²) in [4.78, 5) is 0. The number of hydrogen-bond acceptors (Lipinski definition) is 0. The topological polar surface area (TPSA) is 19.9 Å². The van der Waals surface area contributed by atoms with Crippen LogP contribution in [0, 0.1) is 5.92 Å². The van der Waals surface area contributed by atoms with E-state index in [0.717, 1.165) is 12.3 Å². The lowest BCUT2D eigenvalue weighted by molar-refractivity contribution is 0.163. The Balaban J connectivity index is 3.41. The van der Waals surface area contributed by atoms with Gasteiger partial charge in [0.2, 0.25) is 0 Å². The number of hydrogen-bond donors (Lipinski definition) is 0. The van der Waals surface area contributed by atoms with Crippen molar-refractivity contribution in [3.8, 4) is 0 Å². The Labute approximate surface area is 166 Å². The second-order valence-corrected chi connectivity index (χ2v) is 8.59. The minimum Gasteiger partial charge on any atom is -0.237 e. The van der Waals surface area contributed by atoms with E-state index < -0.39 is 0 Å². The molecule has 1 unspecified atom stereocenters. The molecule has 0 aromatic carbocycles. The monoisotopic (exact) mass is 367 g/mol. The van der Waals surface area contributed by atoms with Gasteiger partial charge in [-0.15, -0.1) is 0 Å². The van der Waals surface area contributed by atoms with Gasteiger partial charge in [-0.2, -0.15) is 0 Å². The molecule has 1 radical (unpaired) electrons. The molecule has 0 bridgehead atoms. The highest BCUT2D eigenvalue weighted by atomic mass is 16.3. The minimum atomic E-state index is 0.138. The molecular weight excluding hydrogens is 316 g/mol. The Morgan fingerprint density at radius 3 is 1.04 bits per heavy atom. The first kappa shape index (κ1) is 26.0. The lowest BCUT2D eigenvalue weighted by atomic mass is 9.91. The third kappa shape index (κ3) is 20.3. The van der Waals surface area contributed by atoms with E-state index in [-0.39, 0.29) is 6.61 Å². The highest BCUT2D eigenvalue weighted by Gasteiger charge is 2.08. The summed E-state index contributed by atoms with van der Waals surface area (Å²) in [7, 11) is 0. The van der Waals surface area contributed by atoms with Crippen LogP contribution in [0.3, 0.4) is 0 Å². The van der Waals surface area contributed by atoms with Gasteiger partial charge in [0.05, 0.1) is 6.61 Å². The fraction of sp³-hybridized carbons (Fsp3) is 1.00. The molecule has 0 aliphatic carbocycles. The van der Waals surface area contributed by atoms with E-state index in [1.54, 1.807) is 0 Å². The molecular formula is C25H51O. The summed E-state index contributed by atoms with van der Waals surface area (Å²) in [5.74, 6) is 0.724. The molecule has 1 nitrogen and oxygen atoms in total. The molecule has 0 fully saturated rings. The van der Waals surface area contributed by atoms with Crippen LogP contribution in [-0.4, -0.2) is 6.61 Å². The largest absolute Gasteiger partial charge is 0.237 e. The molecule has 0 aliphatic rings. The zero-order chi connectivity index (χ0) is 19.1. The minimum absolute atomic E-state index is 0.138. The van der Waals surface area contributed by atoms with Gasteiger partial charge in [-0.05, 0) is 12.3 Å². The van der Waals surface area contributed by atoms with Crippen molar-refractivity contribution >= 4 is 0 Å². The van der Waals surface area contributed by atoms with Crippen LogP contribution in [0.5, 0.6) is 0 Å². The van der Waals surface area contributed by atoms with Gasteiger partial charge in [0.25, 0.3) is 0 Å². The predicted molar refractivity (Wildman–Crippen MR) is 117 cm³/mol. The van der Waals surface area contributed by atoms with Crippen LogP contribution in [0.15, 0.2) is 0 Å². The molecule has 157 valence electrons. The lowest BCUT2D eigenvalue weighted by Crippen LogP contribution is -2.03. The van der Waals surface area contributed by atoms with Crippen molar-refractivity contribution in [1.29, 1.82) is 0 Å². The van der Waals surface area contributed by atoms with Crippen molar-refractivity contribution in [3.05, 3.63) is 0 Å². The molecule has 0 amide bonds. The Kier molecular flexibility index (Phi) is 23.0. The normalized spacial score (nSPS) is 12.6. The molecule has 0 aromatic heterocycles. The van der Waals surface area contributed by atoms with Crippen molar-refractivity contribution in [3.63, 3.8) is 0 Å². The summed E-state index contributed by atoms with van der Waals surface area (Å²) in [6.45, 7) is 4.71. The van der Waals surface area contributed by atoms with Crippen molar-refractivity contribution in [2.75, 3.05) is 6.61 Å². The van der Waals surface area contributed by atoms with Gasteiger partial charge >= 0.3 is 0 Å². The SMILES string of the molecule is CCCCCCCCCCCCC(CC[O])CCCCCCCCCC. The quantitative estimate of drug-likeness (QED) is 0.170. The summed E-state index contributed by atoms with van der Waals surface area (Å²) >= 11 is 0. The maximum absolute atomic E-state index is 11.1. The molecule has 0 heterocycles. The highest BCUT2D eigenvalue weighted by Crippen LogP contribution is 2.22. The second kappa shape index (κ2) is 23.0. The van der Waals surface area contributed by atoms with E-state index in [0.29, 0.717) is 0 Å². The zero-order valence-corrected chi connectivity index (χ0v) is 18.5. The Bertz CT molecular complexity index is 238. The summed E-state index contributed by atoms with van der Waals surface area (Å²) in [6.07, 6.45) is 28.8. The third-order valence-corrected chi connectivity index (χ3v) is 5.96. The fourth-order valence-corrected chi connectivity index (χ4v) is 4.09. The molecule has 0 spiro atoms. The van der Waals surface area contributed by atoms with Gasteiger partial charge in [-0.1, -0.05) is 142 Å². The van der Waals surface area contributed by atoms with Crippen LogP contribution in [0.25, 0.3) is 0 Å². The van der Waals surface area contributed by atoms with E-state index in [1.165, 1.54) is 128 Å². The van der Waals surface area contributed by atoms with Crippen LogP contribution in [0.4, 0.5) is 0 Å². The van der Waals surface area contributed by atoms with E-state index in [1.807, 2.05) is 0 Å². The van der Waals surface area contributed by atoms with Crippen LogP contribution >= 0.6 is 0 Å².